The average molecular weight is 316 g/mol. The molecule has 24 heavy (non-hydrogen) atoms. The van der Waals surface area contributed by atoms with Gasteiger partial charge in [-0.2, -0.15) is 5.10 Å². The molecule has 0 saturated carbocycles. The molecule has 0 spiro atoms. The van der Waals surface area contributed by atoms with Crippen LogP contribution >= 0.6 is 0 Å². The second-order valence-electron chi connectivity index (χ2n) is 6.33. The Balaban J connectivity index is 1.65. The molecule has 1 fully saturated rings. The quantitative estimate of drug-likeness (QED) is 0.702. The number of rotatable bonds is 1. The maximum Gasteiger partial charge on any atom is 0.113 e. The number of aromatic nitrogens is 3. The maximum atomic E-state index is 4.49. The van der Waals surface area contributed by atoms with Crippen LogP contribution in [0, 0.1) is 17.8 Å². The van der Waals surface area contributed by atoms with Crippen molar-refractivity contribution in [1.82, 2.24) is 20.1 Å². The molecule has 0 amide bonds. The van der Waals surface area contributed by atoms with E-state index in [1.807, 2.05) is 30.3 Å². The summed E-state index contributed by atoms with van der Waals surface area (Å²) in [7, 11) is 1.93. The Kier molecular flexibility index (Phi) is 4.02. The van der Waals surface area contributed by atoms with E-state index in [0.29, 0.717) is 5.92 Å². The van der Waals surface area contributed by atoms with E-state index in [-0.39, 0.29) is 0 Å². The molecule has 0 radical (unpaired) electrons. The van der Waals surface area contributed by atoms with Gasteiger partial charge < -0.3 is 5.32 Å². The Bertz CT molecular complexity index is 923. The van der Waals surface area contributed by atoms with Crippen molar-refractivity contribution in [1.29, 1.82) is 0 Å². The van der Waals surface area contributed by atoms with Crippen LogP contribution in [0.25, 0.3) is 21.9 Å². The zero-order valence-electron chi connectivity index (χ0n) is 13.8. The van der Waals surface area contributed by atoms with Crippen LogP contribution in [-0.2, 0) is 7.05 Å². The lowest BCUT2D eigenvalue weighted by atomic mass is 9.98. The van der Waals surface area contributed by atoms with Gasteiger partial charge in [0.2, 0.25) is 0 Å². The molecule has 1 aliphatic rings. The van der Waals surface area contributed by atoms with Crippen molar-refractivity contribution < 1.29 is 0 Å². The molecule has 4 nitrogen and oxygen atoms in total. The third-order valence-corrected chi connectivity index (χ3v) is 4.50. The minimum Gasteiger partial charge on any atom is -0.317 e. The molecule has 4 rings (SSSR count). The van der Waals surface area contributed by atoms with Gasteiger partial charge in [0.1, 0.15) is 5.69 Å². The van der Waals surface area contributed by atoms with Crippen LogP contribution in [0.2, 0.25) is 0 Å². The van der Waals surface area contributed by atoms with Crippen molar-refractivity contribution in [2.75, 3.05) is 13.1 Å². The molecule has 3 aromatic rings. The summed E-state index contributed by atoms with van der Waals surface area (Å²) < 4.78 is 1.82. The molecule has 0 aliphatic carbocycles. The molecule has 120 valence electrons. The van der Waals surface area contributed by atoms with Gasteiger partial charge >= 0.3 is 0 Å². The number of hydrogen-bond donors (Lipinski definition) is 1. The van der Waals surface area contributed by atoms with Crippen molar-refractivity contribution in [3.8, 4) is 23.0 Å². The molecule has 1 aliphatic heterocycles. The summed E-state index contributed by atoms with van der Waals surface area (Å²) in [6.45, 7) is 2.14. The molecular weight excluding hydrogens is 296 g/mol. The van der Waals surface area contributed by atoms with Crippen LogP contribution in [-0.4, -0.2) is 27.9 Å². The third-order valence-electron chi connectivity index (χ3n) is 4.50. The number of aryl methyl sites for hydroxylation is 1. The predicted octanol–water partition coefficient (Wildman–Crippen LogP) is 2.99. The normalized spacial score (nSPS) is 15.2. The third kappa shape index (κ3) is 3.17. The van der Waals surface area contributed by atoms with Crippen molar-refractivity contribution in [3.05, 3.63) is 48.5 Å². The van der Waals surface area contributed by atoms with Gasteiger partial charge in [-0.05, 0) is 54.9 Å². The van der Waals surface area contributed by atoms with Crippen LogP contribution in [0.1, 0.15) is 18.5 Å². The van der Waals surface area contributed by atoms with Crippen LogP contribution in [0.3, 0.4) is 0 Å². The number of fused-ring (bicyclic) bond motifs is 1. The van der Waals surface area contributed by atoms with Crippen LogP contribution < -0.4 is 5.32 Å². The van der Waals surface area contributed by atoms with Gasteiger partial charge in [-0.3, -0.25) is 4.68 Å². The van der Waals surface area contributed by atoms with Crippen LogP contribution in [0.4, 0.5) is 0 Å². The smallest absolute Gasteiger partial charge is 0.113 e. The summed E-state index contributed by atoms with van der Waals surface area (Å²) in [5, 5.41) is 9.92. The molecule has 3 heterocycles. The van der Waals surface area contributed by atoms with Crippen molar-refractivity contribution in [2.24, 2.45) is 13.0 Å². The molecule has 0 atom stereocenters. The van der Waals surface area contributed by atoms with Gasteiger partial charge in [0.05, 0.1) is 6.20 Å². The number of piperidine rings is 1. The Morgan fingerprint density at radius 2 is 1.96 bits per heavy atom. The summed E-state index contributed by atoms with van der Waals surface area (Å²) in [4.78, 5) is 4.49. The summed E-state index contributed by atoms with van der Waals surface area (Å²) >= 11 is 0. The summed E-state index contributed by atoms with van der Waals surface area (Å²) in [6, 6.07) is 8.49. The molecule has 4 heteroatoms. The zero-order chi connectivity index (χ0) is 16.4. The fourth-order valence-corrected chi connectivity index (χ4v) is 3.10. The lowest BCUT2D eigenvalue weighted by molar-refractivity contribution is 0.447. The van der Waals surface area contributed by atoms with E-state index >= 15 is 0 Å². The SMILES string of the molecule is Cn1cc(-c2ccc3cnc(C#CC4CCNCC4)cc3c2)cn1. The highest BCUT2D eigenvalue weighted by atomic mass is 15.2. The summed E-state index contributed by atoms with van der Waals surface area (Å²) in [5.74, 6) is 7.14. The van der Waals surface area contributed by atoms with E-state index in [2.05, 4.69) is 51.5 Å². The van der Waals surface area contributed by atoms with Gasteiger partial charge in [0.25, 0.3) is 0 Å². The maximum absolute atomic E-state index is 4.49. The van der Waals surface area contributed by atoms with E-state index < -0.39 is 0 Å². The summed E-state index contributed by atoms with van der Waals surface area (Å²) in [6.07, 6.45) is 8.09. The highest BCUT2D eigenvalue weighted by molar-refractivity contribution is 5.87. The van der Waals surface area contributed by atoms with Gasteiger partial charge in [0.15, 0.2) is 0 Å². The van der Waals surface area contributed by atoms with Crippen LogP contribution in [0.15, 0.2) is 42.9 Å². The monoisotopic (exact) mass is 316 g/mol. The second-order valence-corrected chi connectivity index (χ2v) is 6.33. The molecule has 1 saturated heterocycles. The Morgan fingerprint density at radius 3 is 2.75 bits per heavy atom. The largest absolute Gasteiger partial charge is 0.317 e. The van der Waals surface area contributed by atoms with Crippen molar-refractivity contribution >= 4 is 10.8 Å². The predicted molar refractivity (Wildman–Crippen MR) is 96.4 cm³/mol. The van der Waals surface area contributed by atoms with Crippen LogP contribution in [0.5, 0.6) is 0 Å². The highest BCUT2D eigenvalue weighted by Gasteiger charge is 2.09. The van der Waals surface area contributed by atoms with Gasteiger partial charge in [-0.15, -0.1) is 0 Å². The van der Waals surface area contributed by atoms with E-state index in [9.17, 15) is 0 Å². The van der Waals surface area contributed by atoms with Crippen molar-refractivity contribution in [2.45, 2.75) is 12.8 Å². The van der Waals surface area contributed by atoms with E-state index in [1.165, 1.54) is 10.9 Å². The number of benzene rings is 1. The fourth-order valence-electron chi connectivity index (χ4n) is 3.10. The van der Waals surface area contributed by atoms with E-state index in [4.69, 9.17) is 0 Å². The fraction of sp³-hybridized carbons (Fsp3) is 0.300. The molecule has 2 aromatic heterocycles. The average Bonchev–Trinajstić information content (AvgIpc) is 3.06. The first kappa shape index (κ1) is 14.9. The second kappa shape index (κ2) is 6.46. The number of pyridine rings is 1. The minimum absolute atomic E-state index is 0.491. The summed E-state index contributed by atoms with van der Waals surface area (Å²) in [5.41, 5.74) is 3.14. The molecular formula is C20H20N4. The van der Waals surface area contributed by atoms with Gasteiger partial charge in [-0.1, -0.05) is 18.1 Å². The van der Waals surface area contributed by atoms with Crippen molar-refractivity contribution in [3.63, 3.8) is 0 Å². The Morgan fingerprint density at radius 1 is 1.08 bits per heavy atom. The Hall–Kier alpha value is -2.64. The van der Waals surface area contributed by atoms with E-state index in [1.54, 1.807) is 0 Å². The number of nitrogens with zero attached hydrogens (tertiary/aromatic N) is 3. The van der Waals surface area contributed by atoms with E-state index in [0.717, 1.165) is 42.6 Å². The van der Waals surface area contributed by atoms with Gasteiger partial charge in [0, 0.05) is 36.3 Å². The molecule has 1 aromatic carbocycles. The van der Waals surface area contributed by atoms with Gasteiger partial charge in [-0.25, -0.2) is 4.98 Å². The first-order valence-electron chi connectivity index (χ1n) is 8.39. The minimum atomic E-state index is 0.491. The topological polar surface area (TPSA) is 42.7 Å². The molecule has 0 bridgehead atoms. The standard InChI is InChI=1S/C20H20N4/c1-24-14-19(13-23-24)16-3-4-17-12-22-20(11-18(17)10-16)5-2-15-6-8-21-9-7-15/h3-4,10-15,21H,6-9H2,1H3. The zero-order valence-corrected chi connectivity index (χ0v) is 13.8. The lowest BCUT2D eigenvalue weighted by Crippen LogP contribution is -2.26. The Labute approximate surface area is 141 Å². The lowest BCUT2D eigenvalue weighted by Gasteiger charge is -2.17. The number of hydrogen-bond acceptors (Lipinski definition) is 3. The molecule has 0 unspecified atom stereocenters. The molecule has 1 N–H and O–H groups in total. The highest BCUT2D eigenvalue weighted by Crippen LogP contribution is 2.24. The number of nitrogens with one attached hydrogen (secondary N) is 1. The first-order chi connectivity index (χ1) is 11.8. The first-order valence-corrected chi connectivity index (χ1v) is 8.39.